The second-order valence-electron chi connectivity index (χ2n) is 5.84. The molecule has 0 aromatic carbocycles. The van der Waals surface area contributed by atoms with E-state index in [0.29, 0.717) is 0 Å². The Morgan fingerprint density at radius 3 is 0.500 bits per heavy atom. The normalized spacial score (nSPS) is 9.00. The molecule has 0 heterocycles. The Kier molecular flexibility index (Phi) is 38.8. The fourth-order valence-corrected chi connectivity index (χ4v) is 0.770. The van der Waals surface area contributed by atoms with E-state index in [1.807, 2.05) is 0 Å². The quantitative estimate of drug-likeness (QED) is 0.488. The number of rotatable bonds is 3. The van der Waals surface area contributed by atoms with Crippen LogP contribution in [0.15, 0.2) is 0 Å². The van der Waals surface area contributed by atoms with Crippen LogP contribution < -0.4 is 0 Å². The minimum atomic E-state index is 0. The Balaban J connectivity index is -0.0000000335. The lowest BCUT2D eigenvalue weighted by molar-refractivity contribution is 0.316. The Labute approximate surface area is 122 Å². The highest BCUT2D eigenvalue weighted by Gasteiger charge is 2.09. The van der Waals surface area contributed by atoms with Gasteiger partial charge >= 0.3 is 0 Å². The van der Waals surface area contributed by atoms with Crippen LogP contribution in [0.25, 0.3) is 0 Å². The van der Waals surface area contributed by atoms with E-state index in [-0.39, 0.29) is 29.7 Å². The van der Waals surface area contributed by atoms with Crippen molar-refractivity contribution in [2.45, 2.75) is 92.0 Å². The molecule has 0 aliphatic carbocycles. The Hall–Kier alpha value is 0. The molecule has 0 rings (SSSR count). The molecule has 0 nitrogen and oxygen atoms in total. The first-order chi connectivity index (χ1) is 6.20. The Morgan fingerprint density at radius 1 is 0.333 bits per heavy atom. The van der Waals surface area contributed by atoms with E-state index in [4.69, 9.17) is 0 Å². The van der Waals surface area contributed by atoms with Gasteiger partial charge in [0.15, 0.2) is 0 Å². The lowest BCUT2D eigenvalue weighted by atomic mass is 9.88. The average molecular weight is 265 g/mol. The van der Waals surface area contributed by atoms with E-state index in [9.17, 15) is 0 Å². The van der Waals surface area contributed by atoms with Crippen LogP contribution in [-0.4, -0.2) is 0 Å². The molecule has 0 amide bonds. The van der Waals surface area contributed by atoms with Gasteiger partial charge in [0.2, 0.25) is 0 Å². The van der Waals surface area contributed by atoms with Crippen LogP contribution >= 0.6 is 0 Å². The van der Waals surface area contributed by atoms with E-state index in [0.717, 1.165) is 29.6 Å². The van der Waals surface area contributed by atoms with Crippen LogP contribution in [0.4, 0.5) is 0 Å². The highest BCUT2D eigenvalue weighted by molar-refractivity contribution is 4.59. The minimum absolute atomic E-state index is 0. The van der Waals surface area contributed by atoms with Crippen LogP contribution in [0.1, 0.15) is 92.0 Å². The minimum Gasteiger partial charge on any atom is -0.0776 e. The van der Waals surface area contributed by atoms with Gasteiger partial charge in [-0.1, -0.05) is 92.0 Å². The third-order valence-corrected chi connectivity index (χ3v) is 3.44. The fraction of sp³-hybridized carbons (Fsp3) is 1.00. The topological polar surface area (TPSA) is 0 Å². The van der Waals surface area contributed by atoms with Crippen LogP contribution in [0.5, 0.6) is 0 Å². The second kappa shape index (κ2) is 19.3. The molecule has 0 aliphatic heterocycles. The first kappa shape index (κ1) is 36.1. The largest absolute Gasteiger partial charge is 0.0776 e. The SMILES string of the molecule is C.C.C.C.CC(C)C(C)C.CC(C)C(C)C(C)C. The van der Waals surface area contributed by atoms with Crippen LogP contribution in [0, 0.1) is 29.6 Å². The van der Waals surface area contributed by atoms with Crippen molar-refractivity contribution in [1.82, 2.24) is 0 Å². The summed E-state index contributed by atoms with van der Waals surface area (Å²) < 4.78 is 0. The molecule has 0 N–H and O–H groups in total. The first-order valence-corrected chi connectivity index (χ1v) is 6.20. The lowest BCUT2D eigenvalue weighted by Crippen LogP contribution is -2.10. The van der Waals surface area contributed by atoms with E-state index < -0.39 is 0 Å². The van der Waals surface area contributed by atoms with E-state index in [1.54, 1.807) is 0 Å². The maximum absolute atomic E-state index is 2.31. The third kappa shape index (κ3) is 25.0. The smallest absolute Gasteiger partial charge is 0.0396 e. The van der Waals surface area contributed by atoms with Gasteiger partial charge in [0, 0.05) is 0 Å². The number of hydrogen-bond donors (Lipinski definition) is 0. The molecule has 0 aromatic rings. The van der Waals surface area contributed by atoms with E-state index in [1.165, 1.54) is 0 Å². The zero-order valence-electron chi connectivity index (χ0n) is 11.9. The van der Waals surface area contributed by atoms with Gasteiger partial charge in [-0.2, -0.15) is 0 Å². The van der Waals surface area contributed by atoms with Crippen molar-refractivity contribution in [1.29, 1.82) is 0 Å². The maximum Gasteiger partial charge on any atom is -0.0396 e. The average Bonchev–Trinajstić information content (AvgIpc) is 2.03. The molecule has 0 radical (unpaired) electrons. The van der Waals surface area contributed by atoms with Crippen molar-refractivity contribution in [2.24, 2.45) is 29.6 Å². The molecule has 0 heteroatoms. The van der Waals surface area contributed by atoms with Gasteiger partial charge in [-0.3, -0.25) is 0 Å². The van der Waals surface area contributed by atoms with Gasteiger partial charge in [-0.15, -0.1) is 0 Å². The molecule has 18 heavy (non-hydrogen) atoms. The van der Waals surface area contributed by atoms with Crippen molar-refractivity contribution < 1.29 is 0 Å². The van der Waals surface area contributed by atoms with Gasteiger partial charge in [-0.25, -0.2) is 0 Å². The molecule has 0 saturated heterocycles. The van der Waals surface area contributed by atoms with Gasteiger partial charge in [0.25, 0.3) is 0 Å². The summed E-state index contributed by atoms with van der Waals surface area (Å²) in [5.41, 5.74) is 0. The highest BCUT2D eigenvalue weighted by Crippen LogP contribution is 2.18. The lowest BCUT2D eigenvalue weighted by Gasteiger charge is -2.18. The zero-order chi connectivity index (χ0) is 11.9. The van der Waals surface area contributed by atoms with E-state index in [2.05, 4.69) is 62.3 Å². The summed E-state index contributed by atoms with van der Waals surface area (Å²) in [6.07, 6.45) is 0. The molecule has 0 aromatic heterocycles. The predicted octanol–water partition coefficient (Wildman–Crippen LogP) is 7.78. The monoisotopic (exact) mass is 264 g/mol. The third-order valence-electron chi connectivity index (χ3n) is 3.44. The summed E-state index contributed by atoms with van der Waals surface area (Å²) in [5.74, 6) is 4.26. The molecule has 0 aliphatic rings. The van der Waals surface area contributed by atoms with Crippen LogP contribution in [-0.2, 0) is 0 Å². The molecule has 0 unspecified atom stereocenters. The summed E-state index contributed by atoms with van der Waals surface area (Å²) in [7, 11) is 0. The predicted molar refractivity (Wildman–Crippen MR) is 95.4 cm³/mol. The molecule has 120 valence electrons. The van der Waals surface area contributed by atoms with Gasteiger partial charge in [0.1, 0.15) is 0 Å². The summed E-state index contributed by atoms with van der Waals surface area (Å²) in [6.45, 7) is 20.4. The summed E-state index contributed by atoms with van der Waals surface area (Å²) in [6, 6.07) is 0. The molecule has 0 fully saturated rings. The van der Waals surface area contributed by atoms with Gasteiger partial charge in [0.05, 0.1) is 0 Å². The zero-order valence-corrected chi connectivity index (χ0v) is 11.9. The summed E-state index contributed by atoms with van der Waals surface area (Å²) in [5, 5.41) is 0. The Bertz CT molecular complexity index is 95.2. The van der Waals surface area contributed by atoms with Crippen molar-refractivity contribution in [3.8, 4) is 0 Å². The molecule has 0 atom stereocenters. The fourth-order valence-electron chi connectivity index (χ4n) is 0.770. The van der Waals surface area contributed by atoms with Crippen LogP contribution in [0.2, 0.25) is 0 Å². The summed E-state index contributed by atoms with van der Waals surface area (Å²) >= 11 is 0. The first-order valence-electron chi connectivity index (χ1n) is 6.20. The molecular weight excluding hydrogens is 216 g/mol. The highest BCUT2D eigenvalue weighted by atomic mass is 14.2. The molecule has 0 bridgehead atoms. The van der Waals surface area contributed by atoms with Crippen LogP contribution in [0.3, 0.4) is 0 Å². The molecular formula is C18H48. The maximum atomic E-state index is 2.31. The summed E-state index contributed by atoms with van der Waals surface area (Å²) in [4.78, 5) is 0. The van der Waals surface area contributed by atoms with Crippen molar-refractivity contribution >= 4 is 0 Å². The molecule has 0 spiro atoms. The van der Waals surface area contributed by atoms with Crippen molar-refractivity contribution in [2.75, 3.05) is 0 Å². The van der Waals surface area contributed by atoms with Crippen molar-refractivity contribution in [3.63, 3.8) is 0 Å². The van der Waals surface area contributed by atoms with Gasteiger partial charge < -0.3 is 0 Å². The molecule has 0 saturated carbocycles. The second-order valence-corrected chi connectivity index (χ2v) is 5.84. The van der Waals surface area contributed by atoms with E-state index >= 15 is 0 Å². The van der Waals surface area contributed by atoms with Crippen molar-refractivity contribution in [3.05, 3.63) is 0 Å². The standard InChI is InChI=1S/C8H18.C6H14.4CH4/c1-6(2)8(5)7(3)4;1-5(2)6(3)4;;;;/h6-8H,1-5H3;5-6H,1-4H3;4*1H4. The number of hydrogen-bond acceptors (Lipinski definition) is 0. The van der Waals surface area contributed by atoms with Gasteiger partial charge in [-0.05, 0) is 29.6 Å². The Morgan fingerprint density at radius 2 is 0.500 bits per heavy atom.